The van der Waals surface area contributed by atoms with Crippen molar-refractivity contribution in [1.29, 1.82) is 0 Å². The van der Waals surface area contributed by atoms with Crippen molar-refractivity contribution in [1.82, 2.24) is 10.2 Å². The van der Waals surface area contributed by atoms with Crippen LogP contribution in [0.25, 0.3) is 0 Å². The first-order valence-electron chi connectivity index (χ1n) is 6.25. The van der Waals surface area contributed by atoms with Crippen LogP contribution in [0.2, 0.25) is 0 Å². The Labute approximate surface area is 103 Å². The van der Waals surface area contributed by atoms with Crippen LogP contribution in [0.3, 0.4) is 0 Å². The minimum Gasteiger partial charge on any atom is -0.357 e. The molecule has 1 aliphatic rings. The van der Waals surface area contributed by atoms with Crippen molar-refractivity contribution in [2.24, 2.45) is 17.6 Å². The molecule has 1 fully saturated rings. The summed E-state index contributed by atoms with van der Waals surface area (Å²) < 4.78 is 0. The van der Waals surface area contributed by atoms with Gasteiger partial charge >= 0.3 is 0 Å². The van der Waals surface area contributed by atoms with Gasteiger partial charge in [-0.1, -0.05) is 13.8 Å². The molecule has 1 rings (SSSR count). The third-order valence-corrected chi connectivity index (χ3v) is 3.46. The van der Waals surface area contributed by atoms with Gasteiger partial charge in [-0.3, -0.25) is 9.59 Å². The van der Waals surface area contributed by atoms with Crippen LogP contribution in [0, 0.1) is 11.8 Å². The van der Waals surface area contributed by atoms with Crippen molar-refractivity contribution < 1.29 is 9.59 Å². The molecule has 0 saturated carbocycles. The number of nitrogens with zero attached hydrogens (tertiary/aromatic N) is 1. The van der Waals surface area contributed by atoms with Gasteiger partial charge in [0.2, 0.25) is 11.8 Å². The van der Waals surface area contributed by atoms with Gasteiger partial charge in [0.25, 0.3) is 0 Å². The average Bonchev–Trinajstić information content (AvgIpc) is 2.77. The van der Waals surface area contributed by atoms with Crippen LogP contribution in [-0.4, -0.2) is 42.9 Å². The predicted molar refractivity (Wildman–Crippen MR) is 66.2 cm³/mol. The highest BCUT2D eigenvalue weighted by molar-refractivity contribution is 5.89. The number of likely N-dealkylation sites (N-methyl/N-ethyl adjacent to an activating group) is 1. The highest BCUT2D eigenvalue weighted by Gasteiger charge is 2.36. The lowest BCUT2D eigenvalue weighted by molar-refractivity contribution is -0.142. The minimum absolute atomic E-state index is 0.0219. The summed E-state index contributed by atoms with van der Waals surface area (Å²) in [6.45, 7) is 4.98. The van der Waals surface area contributed by atoms with E-state index in [0.29, 0.717) is 13.1 Å². The second-order valence-corrected chi connectivity index (χ2v) is 4.89. The molecule has 5 nitrogen and oxygen atoms in total. The quantitative estimate of drug-likeness (QED) is 0.725. The Morgan fingerprint density at radius 1 is 1.47 bits per heavy atom. The van der Waals surface area contributed by atoms with Gasteiger partial charge in [-0.2, -0.15) is 0 Å². The Morgan fingerprint density at radius 2 is 2.12 bits per heavy atom. The third-order valence-electron chi connectivity index (χ3n) is 3.46. The maximum atomic E-state index is 12.3. The molecule has 3 N–H and O–H groups in total. The summed E-state index contributed by atoms with van der Waals surface area (Å²) in [7, 11) is 1.60. The zero-order valence-electron chi connectivity index (χ0n) is 10.9. The monoisotopic (exact) mass is 241 g/mol. The highest BCUT2D eigenvalue weighted by Crippen LogP contribution is 2.22. The van der Waals surface area contributed by atoms with Gasteiger partial charge in [-0.15, -0.1) is 0 Å². The van der Waals surface area contributed by atoms with Crippen LogP contribution in [0.4, 0.5) is 0 Å². The maximum Gasteiger partial charge on any atom is 0.242 e. The van der Waals surface area contributed by atoms with E-state index < -0.39 is 0 Å². The molecule has 0 spiro atoms. The van der Waals surface area contributed by atoms with Crippen molar-refractivity contribution >= 4 is 11.8 Å². The average molecular weight is 241 g/mol. The number of hydrogen-bond acceptors (Lipinski definition) is 3. The highest BCUT2D eigenvalue weighted by atomic mass is 16.2. The van der Waals surface area contributed by atoms with Gasteiger partial charge in [0.1, 0.15) is 6.04 Å². The van der Waals surface area contributed by atoms with E-state index in [1.807, 2.05) is 13.8 Å². The molecule has 17 heavy (non-hydrogen) atoms. The van der Waals surface area contributed by atoms with Crippen LogP contribution in [-0.2, 0) is 9.59 Å². The summed E-state index contributed by atoms with van der Waals surface area (Å²) in [6.07, 6.45) is 1.64. The molecular weight excluding hydrogens is 218 g/mol. The van der Waals surface area contributed by atoms with Crippen LogP contribution in [0.1, 0.15) is 26.7 Å². The standard InChI is InChI=1S/C12H23N3O2/c1-8(2)9(7-13)12(17)15-6-4-5-10(15)11(16)14-3/h8-10H,4-7,13H2,1-3H3,(H,14,16)/t9-,10-/m1/s1. The lowest BCUT2D eigenvalue weighted by atomic mass is 9.94. The Bertz CT molecular complexity index is 291. The SMILES string of the molecule is CNC(=O)[C@H]1CCCN1C(=O)[C@H](CN)C(C)C. The van der Waals surface area contributed by atoms with Gasteiger partial charge < -0.3 is 16.0 Å². The van der Waals surface area contributed by atoms with Crippen molar-refractivity contribution in [2.75, 3.05) is 20.1 Å². The number of hydrogen-bond donors (Lipinski definition) is 2. The molecule has 5 heteroatoms. The van der Waals surface area contributed by atoms with E-state index in [1.165, 1.54) is 0 Å². The largest absolute Gasteiger partial charge is 0.357 e. The number of rotatable bonds is 4. The molecule has 98 valence electrons. The van der Waals surface area contributed by atoms with E-state index in [9.17, 15) is 9.59 Å². The normalized spacial score (nSPS) is 21.7. The fraction of sp³-hybridized carbons (Fsp3) is 0.833. The fourth-order valence-corrected chi connectivity index (χ4v) is 2.34. The first-order valence-corrected chi connectivity index (χ1v) is 6.25. The Kier molecular flexibility index (Phi) is 4.93. The zero-order valence-corrected chi connectivity index (χ0v) is 10.9. The minimum atomic E-state index is -0.305. The number of carbonyl (C=O) groups excluding carboxylic acids is 2. The lowest BCUT2D eigenvalue weighted by Crippen LogP contribution is -2.49. The molecule has 0 unspecified atom stereocenters. The molecule has 1 heterocycles. The number of carbonyl (C=O) groups is 2. The first kappa shape index (κ1) is 14.0. The topological polar surface area (TPSA) is 75.4 Å². The summed E-state index contributed by atoms with van der Waals surface area (Å²) in [6, 6.07) is -0.305. The van der Waals surface area contributed by atoms with E-state index in [2.05, 4.69) is 5.32 Å². The molecule has 0 aromatic carbocycles. The van der Waals surface area contributed by atoms with Crippen molar-refractivity contribution in [2.45, 2.75) is 32.7 Å². The molecule has 0 radical (unpaired) electrons. The molecule has 0 aromatic heterocycles. The smallest absolute Gasteiger partial charge is 0.242 e. The predicted octanol–water partition coefficient (Wildman–Crippen LogP) is -0.0457. The molecule has 1 aliphatic heterocycles. The van der Waals surface area contributed by atoms with Crippen molar-refractivity contribution in [3.63, 3.8) is 0 Å². The Morgan fingerprint density at radius 3 is 2.59 bits per heavy atom. The number of amides is 2. The van der Waals surface area contributed by atoms with Crippen LogP contribution >= 0.6 is 0 Å². The van der Waals surface area contributed by atoms with E-state index in [1.54, 1.807) is 11.9 Å². The molecular formula is C12H23N3O2. The molecule has 0 aliphatic carbocycles. The van der Waals surface area contributed by atoms with Crippen LogP contribution in [0.15, 0.2) is 0 Å². The Balaban J connectivity index is 2.76. The molecule has 0 bridgehead atoms. The maximum absolute atomic E-state index is 12.3. The third kappa shape index (κ3) is 2.97. The molecule has 1 saturated heterocycles. The summed E-state index contributed by atoms with van der Waals surface area (Å²) in [5.41, 5.74) is 5.65. The molecule has 2 amide bonds. The van der Waals surface area contributed by atoms with E-state index in [0.717, 1.165) is 12.8 Å². The van der Waals surface area contributed by atoms with E-state index >= 15 is 0 Å². The van der Waals surface area contributed by atoms with Gasteiger partial charge in [-0.05, 0) is 18.8 Å². The summed E-state index contributed by atoms with van der Waals surface area (Å²) >= 11 is 0. The zero-order chi connectivity index (χ0) is 13.0. The van der Waals surface area contributed by atoms with Gasteiger partial charge in [-0.25, -0.2) is 0 Å². The summed E-state index contributed by atoms with van der Waals surface area (Å²) in [5, 5.41) is 2.61. The number of nitrogens with one attached hydrogen (secondary N) is 1. The Hall–Kier alpha value is -1.10. The second-order valence-electron chi connectivity index (χ2n) is 4.89. The van der Waals surface area contributed by atoms with Gasteiger partial charge in [0.15, 0.2) is 0 Å². The summed E-state index contributed by atoms with van der Waals surface area (Å²) in [4.78, 5) is 25.7. The summed E-state index contributed by atoms with van der Waals surface area (Å²) in [5.74, 6) is -0.0253. The van der Waals surface area contributed by atoms with Crippen molar-refractivity contribution in [3.05, 3.63) is 0 Å². The molecule has 2 atom stereocenters. The van der Waals surface area contributed by atoms with E-state index in [-0.39, 0.29) is 29.7 Å². The second kappa shape index (κ2) is 6.00. The lowest BCUT2D eigenvalue weighted by Gasteiger charge is -2.29. The van der Waals surface area contributed by atoms with E-state index in [4.69, 9.17) is 5.73 Å². The number of nitrogens with two attached hydrogens (primary N) is 1. The van der Waals surface area contributed by atoms with Crippen molar-refractivity contribution in [3.8, 4) is 0 Å². The first-order chi connectivity index (χ1) is 8.02. The fourth-order valence-electron chi connectivity index (χ4n) is 2.34. The van der Waals surface area contributed by atoms with Gasteiger partial charge in [0, 0.05) is 20.1 Å². The molecule has 0 aromatic rings. The number of likely N-dealkylation sites (tertiary alicyclic amines) is 1. The van der Waals surface area contributed by atoms with Crippen LogP contribution in [0.5, 0.6) is 0 Å². The van der Waals surface area contributed by atoms with Gasteiger partial charge in [0.05, 0.1) is 5.92 Å². The van der Waals surface area contributed by atoms with Crippen LogP contribution < -0.4 is 11.1 Å².